The van der Waals surface area contributed by atoms with Crippen LogP contribution in [-0.2, 0) is 9.53 Å². The number of hydrogen-bond donors (Lipinski definition) is 2. The van der Waals surface area contributed by atoms with Crippen molar-refractivity contribution in [1.82, 2.24) is 9.97 Å². The van der Waals surface area contributed by atoms with Crippen LogP contribution in [0.2, 0.25) is 0 Å². The van der Waals surface area contributed by atoms with Crippen molar-refractivity contribution < 1.29 is 29.0 Å². The molecule has 0 bridgehead atoms. The van der Waals surface area contributed by atoms with Gasteiger partial charge in [0.25, 0.3) is 5.88 Å². The first-order chi connectivity index (χ1) is 13.8. The zero-order chi connectivity index (χ0) is 21.6. The number of aromatic hydroxyl groups is 1. The predicted molar refractivity (Wildman–Crippen MR) is 110 cm³/mol. The summed E-state index contributed by atoms with van der Waals surface area (Å²) < 4.78 is 16.2. The van der Waals surface area contributed by atoms with Crippen molar-refractivity contribution in [3.05, 3.63) is 47.6 Å². The molecule has 29 heavy (non-hydrogen) atoms. The molecule has 0 aliphatic rings. The number of rotatable bonds is 8. The number of aromatic nitrogens is 2. The van der Waals surface area contributed by atoms with Gasteiger partial charge < -0.3 is 24.3 Å². The minimum atomic E-state index is -1.07. The summed E-state index contributed by atoms with van der Waals surface area (Å²) >= 11 is 2.00. The Bertz CT molecular complexity index is 1020. The fraction of sp³-hybridized carbons (Fsp3) is 0.235. The van der Waals surface area contributed by atoms with Crippen LogP contribution in [0.5, 0.6) is 17.4 Å². The number of nitrogens with zero attached hydrogens (tertiary/aromatic N) is 2. The highest BCUT2D eigenvalue weighted by molar-refractivity contribution is 14.1. The van der Waals surface area contributed by atoms with Crippen molar-refractivity contribution in [2.24, 2.45) is 0 Å². The number of aromatic amines is 1. The number of nitrogens with one attached hydrogen (secondary N) is 1. The van der Waals surface area contributed by atoms with Crippen LogP contribution in [0.4, 0.5) is 5.69 Å². The molecule has 2 aromatic rings. The zero-order valence-electron chi connectivity index (χ0n) is 15.3. The molecule has 0 atom stereocenters. The van der Waals surface area contributed by atoms with Gasteiger partial charge in [-0.15, -0.1) is 0 Å². The molecule has 0 aliphatic carbocycles. The fourth-order valence-electron chi connectivity index (χ4n) is 2.20. The highest BCUT2D eigenvalue weighted by Gasteiger charge is 2.21. The molecule has 1 aromatic carbocycles. The van der Waals surface area contributed by atoms with E-state index in [1.165, 1.54) is 13.2 Å². The molecule has 1 aromatic heterocycles. The van der Waals surface area contributed by atoms with E-state index in [9.17, 15) is 24.8 Å². The van der Waals surface area contributed by atoms with Crippen LogP contribution in [0.25, 0.3) is 12.2 Å². The van der Waals surface area contributed by atoms with Gasteiger partial charge in [-0.2, -0.15) is 4.98 Å². The van der Waals surface area contributed by atoms with Gasteiger partial charge in [-0.3, -0.25) is 14.9 Å². The SMILES string of the molecule is CCOC(=O)COc1c(I)cc(/C=C\c2nc(O)c([N+](=O)[O-])c(=O)[nH]2)cc1OC. The first kappa shape index (κ1) is 22.1. The molecular weight excluding hydrogens is 501 g/mol. The molecule has 0 aliphatic heterocycles. The summed E-state index contributed by atoms with van der Waals surface area (Å²) in [5.74, 6) is -0.850. The van der Waals surface area contributed by atoms with Gasteiger partial charge in [0, 0.05) is 0 Å². The second-order valence-corrected chi connectivity index (χ2v) is 6.50. The zero-order valence-corrected chi connectivity index (χ0v) is 17.5. The molecule has 2 rings (SSSR count). The van der Waals surface area contributed by atoms with Crippen molar-refractivity contribution in [2.45, 2.75) is 6.92 Å². The number of halogens is 1. The number of carbonyl (C=O) groups excluding carboxylic acids is 1. The summed E-state index contributed by atoms with van der Waals surface area (Å²) in [7, 11) is 1.43. The Morgan fingerprint density at radius 2 is 2.14 bits per heavy atom. The maximum atomic E-state index is 11.7. The minimum absolute atomic E-state index is 0.0743. The number of hydrogen-bond acceptors (Lipinski definition) is 9. The number of benzene rings is 1. The van der Waals surface area contributed by atoms with E-state index in [0.29, 0.717) is 20.6 Å². The van der Waals surface area contributed by atoms with Crippen LogP contribution in [0, 0.1) is 13.7 Å². The molecule has 0 unspecified atom stereocenters. The van der Waals surface area contributed by atoms with Crippen molar-refractivity contribution in [3.63, 3.8) is 0 Å². The number of ether oxygens (including phenoxy) is 3. The summed E-state index contributed by atoms with van der Waals surface area (Å²) in [6.07, 6.45) is 2.90. The average molecular weight is 517 g/mol. The van der Waals surface area contributed by atoms with E-state index >= 15 is 0 Å². The molecule has 154 valence electrons. The van der Waals surface area contributed by atoms with Gasteiger partial charge in [0.15, 0.2) is 18.1 Å². The van der Waals surface area contributed by atoms with Crippen LogP contribution in [0.15, 0.2) is 16.9 Å². The van der Waals surface area contributed by atoms with Gasteiger partial charge in [0.05, 0.1) is 22.2 Å². The van der Waals surface area contributed by atoms with Gasteiger partial charge in [-0.25, -0.2) is 4.79 Å². The van der Waals surface area contributed by atoms with Crippen molar-refractivity contribution >= 4 is 46.4 Å². The van der Waals surface area contributed by atoms with Crippen molar-refractivity contribution in [2.75, 3.05) is 20.3 Å². The van der Waals surface area contributed by atoms with Gasteiger partial charge in [0.1, 0.15) is 5.82 Å². The summed E-state index contributed by atoms with van der Waals surface area (Å²) in [6, 6.07) is 3.33. The maximum Gasteiger partial charge on any atom is 0.395 e. The highest BCUT2D eigenvalue weighted by atomic mass is 127. The number of esters is 1. The van der Waals surface area contributed by atoms with Gasteiger partial charge in [-0.05, 0) is 53.3 Å². The number of nitro groups is 1. The molecule has 11 nitrogen and oxygen atoms in total. The Balaban J connectivity index is 2.28. The summed E-state index contributed by atoms with van der Waals surface area (Å²) in [4.78, 5) is 38.6. The molecule has 1 heterocycles. The van der Waals surface area contributed by atoms with Gasteiger partial charge in [-0.1, -0.05) is 6.08 Å². The lowest BCUT2D eigenvalue weighted by Crippen LogP contribution is -2.15. The van der Waals surface area contributed by atoms with Gasteiger partial charge >= 0.3 is 17.2 Å². The van der Waals surface area contributed by atoms with E-state index < -0.39 is 28.0 Å². The maximum absolute atomic E-state index is 11.7. The first-order valence-corrected chi connectivity index (χ1v) is 9.16. The third kappa shape index (κ3) is 5.66. The Morgan fingerprint density at radius 3 is 2.72 bits per heavy atom. The number of carbonyl (C=O) groups is 1. The summed E-state index contributed by atoms with van der Waals surface area (Å²) in [5.41, 5.74) is -1.48. The smallest absolute Gasteiger partial charge is 0.395 e. The van der Waals surface area contributed by atoms with Gasteiger partial charge in [0.2, 0.25) is 0 Å². The Hall–Kier alpha value is -3.16. The Labute approximate surface area is 177 Å². The molecule has 0 spiro atoms. The fourth-order valence-corrected chi connectivity index (χ4v) is 2.98. The van der Waals surface area contributed by atoms with E-state index in [1.54, 1.807) is 25.1 Å². The molecule has 2 N–H and O–H groups in total. The molecule has 0 radical (unpaired) electrons. The average Bonchev–Trinajstić information content (AvgIpc) is 2.64. The first-order valence-electron chi connectivity index (χ1n) is 8.08. The lowest BCUT2D eigenvalue weighted by atomic mass is 10.2. The predicted octanol–water partition coefficient (Wildman–Crippen LogP) is 2.11. The molecule has 0 fully saturated rings. The highest BCUT2D eigenvalue weighted by Crippen LogP contribution is 2.34. The second-order valence-electron chi connectivity index (χ2n) is 5.34. The van der Waals surface area contributed by atoms with Crippen LogP contribution >= 0.6 is 22.6 Å². The summed E-state index contributed by atoms with van der Waals surface area (Å²) in [5, 5.41) is 20.3. The van der Waals surface area contributed by atoms with E-state index in [-0.39, 0.29) is 19.0 Å². The van der Waals surface area contributed by atoms with E-state index in [4.69, 9.17) is 14.2 Å². The van der Waals surface area contributed by atoms with Crippen LogP contribution in [0.3, 0.4) is 0 Å². The third-order valence-corrected chi connectivity index (χ3v) is 4.20. The molecule has 12 heteroatoms. The summed E-state index contributed by atoms with van der Waals surface area (Å²) in [6.45, 7) is 1.66. The van der Waals surface area contributed by atoms with Crippen LogP contribution in [-0.4, -0.2) is 46.3 Å². The van der Waals surface area contributed by atoms with E-state index in [0.717, 1.165) is 0 Å². The lowest BCUT2D eigenvalue weighted by molar-refractivity contribution is -0.387. The Morgan fingerprint density at radius 1 is 1.41 bits per heavy atom. The lowest BCUT2D eigenvalue weighted by Gasteiger charge is -2.13. The normalized spacial score (nSPS) is 10.7. The second kappa shape index (κ2) is 9.86. The molecule has 0 saturated heterocycles. The van der Waals surface area contributed by atoms with Crippen LogP contribution in [0.1, 0.15) is 18.3 Å². The third-order valence-electron chi connectivity index (χ3n) is 3.40. The van der Waals surface area contributed by atoms with E-state index in [1.807, 2.05) is 22.6 Å². The van der Waals surface area contributed by atoms with Crippen LogP contribution < -0.4 is 15.0 Å². The standard InChI is InChI=1S/C17H16IN3O8/c1-3-28-13(22)8-29-15-10(18)6-9(7-11(15)27-2)4-5-12-19-16(23)14(21(25)26)17(24)20-12/h4-7H,3,8H2,1-2H3,(H2,19,20,23,24)/b5-4-. The minimum Gasteiger partial charge on any atom is -0.493 e. The largest absolute Gasteiger partial charge is 0.493 e. The number of methoxy groups -OCH3 is 1. The van der Waals surface area contributed by atoms with Crippen molar-refractivity contribution in [1.29, 1.82) is 0 Å². The Kier molecular flexibility index (Phi) is 7.52. The number of H-pyrrole nitrogens is 1. The molecule has 0 amide bonds. The van der Waals surface area contributed by atoms with Crippen molar-refractivity contribution in [3.8, 4) is 17.4 Å². The quantitative estimate of drug-likeness (QED) is 0.232. The topological polar surface area (TPSA) is 154 Å². The monoisotopic (exact) mass is 517 g/mol. The molecule has 0 saturated carbocycles. The molecular formula is C17H16IN3O8. The van der Waals surface area contributed by atoms with E-state index in [2.05, 4.69) is 9.97 Å².